The van der Waals surface area contributed by atoms with Crippen LogP contribution in [0.2, 0.25) is 0 Å². The van der Waals surface area contributed by atoms with E-state index >= 15 is 0 Å². The molecular formula is C30H18F46NO6P. The number of phosphoric ester groups is 1. The Morgan fingerprint density at radius 2 is 0.417 bits per heavy atom. The first kappa shape index (κ1) is 80.8. The molecule has 0 saturated carbocycles. The Morgan fingerprint density at radius 3 is 0.571 bits per heavy atom. The van der Waals surface area contributed by atoms with Crippen LogP contribution in [0.5, 0.6) is 0 Å². The topological polar surface area (TPSA) is 88.5 Å². The lowest BCUT2D eigenvalue weighted by Crippen LogP contribution is -2.78. The highest BCUT2D eigenvalue weighted by molar-refractivity contribution is 7.48. The van der Waals surface area contributed by atoms with Gasteiger partial charge < -0.3 is 10.2 Å². The summed E-state index contributed by atoms with van der Waals surface area (Å²) in [6.45, 7) is -13.3. The van der Waals surface area contributed by atoms with Gasteiger partial charge in [0.25, 0.3) is 0 Å². The van der Waals surface area contributed by atoms with Crippen molar-refractivity contribution >= 4 is 7.82 Å². The van der Waals surface area contributed by atoms with Crippen molar-refractivity contribution in [2.24, 2.45) is 0 Å². The van der Waals surface area contributed by atoms with Gasteiger partial charge in [0.05, 0.1) is 26.4 Å². The second-order valence-electron chi connectivity index (χ2n) is 15.8. The third-order valence-electron chi connectivity index (χ3n) is 10.2. The third kappa shape index (κ3) is 11.5. The molecule has 0 bridgehead atoms. The Morgan fingerprint density at radius 1 is 0.262 bits per heavy atom. The molecule has 0 aliphatic heterocycles. The molecule has 0 heterocycles. The smallest absolute Gasteiger partial charge is 0.395 e. The monoisotopic (exact) mass is 1390 g/mol. The van der Waals surface area contributed by atoms with Gasteiger partial charge in [0, 0.05) is 25.9 Å². The summed E-state index contributed by atoms with van der Waals surface area (Å²) in [4.78, 5) is 0. The quantitative estimate of drug-likeness (QED) is 0.0394. The molecule has 1 atom stereocenters. The minimum Gasteiger partial charge on any atom is -0.395 e. The summed E-state index contributed by atoms with van der Waals surface area (Å²) >= 11 is 0. The standard InChI is InChI=1S/C30H18F46NO6P/c31-9(32,11(35,36)13(39,40)15(43,44)17(47,48)19(51,52)20(53,54)22(57,58)24(61,62)26(65,66)28(69,70)30(74,75)76)1-7-81-84(80,83-77(3-5-78)4-6-79)82-8-2-10(33,34)12(37,38)14(41,42)16(45,46)18(49,50)21(55,56)23(59,60)25(63,64)27(67,68)29(71,72)73/h78-79H,1-8H2. The second-order valence-corrected chi connectivity index (χ2v) is 17.4. The Balaban J connectivity index is 7.41. The van der Waals surface area contributed by atoms with Crippen molar-refractivity contribution in [2.75, 3.05) is 39.5 Å². The summed E-state index contributed by atoms with van der Waals surface area (Å²) < 4.78 is 656. The molecule has 2 N–H and O–H groups in total. The normalized spacial score (nSPS) is 17.3. The number of rotatable bonds is 32. The van der Waals surface area contributed by atoms with E-state index in [0.29, 0.717) is 0 Å². The Labute approximate surface area is 427 Å². The number of hydrogen-bond donors (Lipinski definition) is 2. The largest absolute Gasteiger partial charge is 0.491 e. The molecule has 0 aliphatic rings. The molecule has 0 radical (unpaired) electrons. The maximum atomic E-state index is 14.5. The van der Waals surface area contributed by atoms with Gasteiger partial charge >= 0.3 is 139 Å². The SMILES string of the molecule is O=P(OCCC(F)(F)C(F)(F)C(F)(F)C(F)(F)C(F)(F)C(F)(F)C(F)(F)C(F)(F)C(F)(F)C(F)(F)F)(OCCC(F)(F)C(F)(F)C(F)(F)C(F)(F)C(F)(F)C(F)(F)C(F)(F)C(F)(F)C(F)(F)C(F)(F)C(F)(F)C(F)(F)F)ON(CCO)CCO. The molecule has 0 aromatic heterocycles. The maximum absolute atomic E-state index is 14.5. The number of aliphatic hydroxyl groups excluding tert-OH is 2. The van der Waals surface area contributed by atoms with Crippen molar-refractivity contribution in [1.82, 2.24) is 5.06 Å². The zero-order chi connectivity index (χ0) is 68.9. The minimum absolute atomic E-state index is 0.601. The lowest BCUT2D eigenvalue weighted by atomic mass is 9.84. The fourth-order valence-corrected chi connectivity index (χ4v) is 6.35. The van der Waals surface area contributed by atoms with E-state index in [9.17, 15) is 207 Å². The van der Waals surface area contributed by atoms with Crippen LogP contribution in [0.3, 0.4) is 0 Å². The van der Waals surface area contributed by atoms with E-state index in [-0.39, 0.29) is 0 Å². The van der Waals surface area contributed by atoms with Crippen LogP contribution in [-0.2, 0) is 18.2 Å². The predicted octanol–water partition coefficient (Wildman–Crippen LogP) is 15.0. The molecule has 0 fully saturated rings. The van der Waals surface area contributed by atoms with E-state index in [1.54, 1.807) is 0 Å². The average molecular weight is 1390 g/mol. The molecular weight excluding hydrogens is 1380 g/mol. The molecule has 0 aromatic carbocycles. The minimum atomic E-state index is -10.1. The highest BCUT2D eigenvalue weighted by Crippen LogP contribution is 2.70. The van der Waals surface area contributed by atoms with Crippen LogP contribution in [0.4, 0.5) is 202 Å². The van der Waals surface area contributed by atoms with Gasteiger partial charge in [0.15, 0.2) is 0 Å². The predicted molar refractivity (Wildman–Crippen MR) is 167 cm³/mol. The molecule has 0 saturated heterocycles. The molecule has 506 valence electrons. The van der Waals surface area contributed by atoms with Crippen molar-refractivity contribution in [1.29, 1.82) is 0 Å². The third-order valence-corrected chi connectivity index (χ3v) is 11.6. The Hall–Kier alpha value is -3.23. The van der Waals surface area contributed by atoms with Crippen molar-refractivity contribution in [3.8, 4) is 0 Å². The number of phosphoric acid groups is 1. The van der Waals surface area contributed by atoms with E-state index in [1.807, 2.05) is 0 Å². The molecule has 0 rings (SSSR count). The summed E-state index contributed by atoms with van der Waals surface area (Å²) in [7, 11) is -7.23. The number of hydroxylamine groups is 2. The highest BCUT2D eigenvalue weighted by atomic mass is 31.2. The fraction of sp³-hybridized carbons (Fsp3) is 1.00. The van der Waals surface area contributed by atoms with Crippen LogP contribution in [0.1, 0.15) is 12.8 Å². The highest BCUT2D eigenvalue weighted by Gasteiger charge is 3.01. The molecule has 54 heteroatoms. The summed E-state index contributed by atoms with van der Waals surface area (Å²) in [5.41, 5.74) is 0. The van der Waals surface area contributed by atoms with Gasteiger partial charge in [0.1, 0.15) is 0 Å². The van der Waals surface area contributed by atoms with E-state index in [1.165, 1.54) is 0 Å². The maximum Gasteiger partial charge on any atom is 0.491 e. The molecule has 0 aromatic rings. The van der Waals surface area contributed by atoms with Crippen LogP contribution in [0, 0.1) is 0 Å². The van der Waals surface area contributed by atoms with E-state index in [0.717, 1.165) is 0 Å². The van der Waals surface area contributed by atoms with Crippen LogP contribution in [0.25, 0.3) is 0 Å². The first-order valence-corrected chi connectivity index (χ1v) is 20.6. The lowest BCUT2D eigenvalue weighted by Gasteiger charge is -2.45. The number of nitrogens with zero attached hydrogens (tertiary/aromatic N) is 1. The van der Waals surface area contributed by atoms with Crippen molar-refractivity contribution in [3.05, 3.63) is 0 Å². The van der Waals surface area contributed by atoms with Gasteiger partial charge in [0.2, 0.25) is 0 Å². The van der Waals surface area contributed by atoms with Gasteiger partial charge in [-0.25, -0.2) is 4.57 Å². The number of hydrogen-bond acceptors (Lipinski definition) is 7. The van der Waals surface area contributed by atoms with Gasteiger partial charge in [-0.1, -0.05) is 0 Å². The molecule has 0 aliphatic carbocycles. The molecule has 0 amide bonds. The van der Waals surface area contributed by atoms with Crippen LogP contribution < -0.4 is 0 Å². The van der Waals surface area contributed by atoms with Crippen LogP contribution in [0.15, 0.2) is 0 Å². The Kier molecular flexibility index (Phi) is 21.5. The summed E-state index contributed by atoms with van der Waals surface area (Å²) in [5, 5.41) is 17.2. The van der Waals surface area contributed by atoms with E-state index in [4.69, 9.17) is 10.2 Å². The molecule has 0 spiro atoms. The summed E-state index contributed by atoms with van der Waals surface area (Å²) in [6.07, 6.45) is -25.0. The second kappa shape index (κ2) is 22.4. The molecule has 1 unspecified atom stereocenters. The molecule has 7 nitrogen and oxygen atoms in total. The van der Waals surface area contributed by atoms with Crippen molar-refractivity contribution < 1.29 is 230 Å². The zero-order valence-electron chi connectivity index (χ0n) is 37.5. The van der Waals surface area contributed by atoms with E-state index in [2.05, 4.69) is 13.7 Å². The average Bonchev–Trinajstić information content (AvgIpc) is 3.26. The first-order chi connectivity index (χ1) is 35.9. The van der Waals surface area contributed by atoms with Crippen LogP contribution >= 0.6 is 7.82 Å². The van der Waals surface area contributed by atoms with Crippen LogP contribution in [-0.4, -0.2) is 186 Å². The summed E-state index contributed by atoms with van der Waals surface area (Å²) in [6, 6.07) is 0. The lowest BCUT2D eigenvalue weighted by molar-refractivity contribution is -0.482. The first-order valence-electron chi connectivity index (χ1n) is 19.2. The van der Waals surface area contributed by atoms with Gasteiger partial charge in [-0.2, -0.15) is 212 Å². The number of halogens is 46. The van der Waals surface area contributed by atoms with Gasteiger partial charge in [-0.3, -0.25) is 9.05 Å². The van der Waals surface area contributed by atoms with E-state index < -0.39 is 196 Å². The number of alkyl halides is 46. The zero-order valence-corrected chi connectivity index (χ0v) is 38.4. The van der Waals surface area contributed by atoms with Gasteiger partial charge in [-0.15, -0.1) is 0 Å². The van der Waals surface area contributed by atoms with Crippen molar-refractivity contribution in [2.45, 2.75) is 144 Å². The molecule has 84 heavy (non-hydrogen) atoms. The Bertz CT molecular complexity index is 2280. The van der Waals surface area contributed by atoms with Gasteiger partial charge in [-0.05, 0) is 0 Å². The summed E-state index contributed by atoms with van der Waals surface area (Å²) in [5.74, 6) is -187. The fourth-order valence-electron chi connectivity index (χ4n) is 5.10. The number of aliphatic hydroxyl groups is 2. The van der Waals surface area contributed by atoms with Crippen molar-refractivity contribution in [3.63, 3.8) is 0 Å².